The molecule has 4 nitrogen and oxygen atoms in total. The number of anilines is 1. The van der Waals surface area contributed by atoms with Crippen LogP contribution in [0.1, 0.15) is 11.1 Å². The minimum absolute atomic E-state index is 0.244. The number of hydrogen-bond acceptors (Lipinski definition) is 3. The van der Waals surface area contributed by atoms with Crippen LogP contribution < -0.4 is 5.32 Å². The van der Waals surface area contributed by atoms with Crippen molar-refractivity contribution >= 4 is 11.4 Å². The molecule has 0 atom stereocenters. The minimum atomic E-state index is -0.611. The fourth-order valence-electron chi connectivity index (χ4n) is 1.98. The molecule has 20 heavy (non-hydrogen) atoms. The van der Waals surface area contributed by atoms with Crippen LogP contribution in [0, 0.1) is 22.9 Å². The van der Waals surface area contributed by atoms with Gasteiger partial charge >= 0.3 is 0 Å². The lowest BCUT2D eigenvalue weighted by molar-refractivity contribution is -0.385. The average molecular weight is 274 g/mol. The van der Waals surface area contributed by atoms with Crippen molar-refractivity contribution in [3.63, 3.8) is 0 Å². The Morgan fingerprint density at radius 3 is 2.65 bits per heavy atom. The van der Waals surface area contributed by atoms with Crippen molar-refractivity contribution in [1.82, 2.24) is 0 Å². The Labute approximate surface area is 116 Å². The van der Waals surface area contributed by atoms with Crippen LogP contribution in [0.25, 0.3) is 0 Å². The van der Waals surface area contributed by atoms with Crippen LogP contribution in [0.4, 0.5) is 15.8 Å². The van der Waals surface area contributed by atoms with Gasteiger partial charge in [-0.25, -0.2) is 4.39 Å². The summed E-state index contributed by atoms with van der Waals surface area (Å²) in [5.41, 5.74) is 2.43. The molecule has 0 aliphatic heterocycles. The predicted octanol–water partition coefficient (Wildman–Crippen LogP) is 3.70. The minimum Gasteiger partial charge on any atom is -0.382 e. The SMILES string of the molecule is Cc1ccccc1CCNc1ccc([N+](=O)[O-])cc1F. The molecule has 0 unspecified atom stereocenters. The van der Waals surface area contributed by atoms with Gasteiger partial charge in [0.25, 0.3) is 5.69 Å². The maximum Gasteiger partial charge on any atom is 0.272 e. The van der Waals surface area contributed by atoms with Crippen molar-refractivity contribution < 1.29 is 9.31 Å². The third-order valence-electron chi connectivity index (χ3n) is 3.13. The first-order chi connectivity index (χ1) is 9.58. The lowest BCUT2D eigenvalue weighted by atomic mass is 10.1. The smallest absolute Gasteiger partial charge is 0.272 e. The predicted molar refractivity (Wildman–Crippen MR) is 76.4 cm³/mol. The number of aryl methyl sites for hydroxylation is 1. The molecule has 2 rings (SSSR count). The lowest BCUT2D eigenvalue weighted by Crippen LogP contribution is -2.07. The summed E-state index contributed by atoms with van der Waals surface area (Å²) < 4.78 is 13.6. The molecule has 0 aromatic heterocycles. The maximum absolute atomic E-state index is 13.6. The summed E-state index contributed by atoms with van der Waals surface area (Å²) >= 11 is 0. The molecule has 0 saturated heterocycles. The summed E-state index contributed by atoms with van der Waals surface area (Å²) in [7, 11) is 0. The number of rotatable bonds is 5. The second-order valence-corrected chi connectivity index (χ2v) is 4.52. The summed E-state index contributed by atoms with van der Waals surface area (Å²) in [5, 5.41) is 13.5. The zero-order chi connectivity index (χ0) is 14.5. The van der Waals surface area contributed by atoms with Crippen molar-refractivity contribution in [3.8, 4) is 0 Å². The number of halogens is 1. The van der Waals surface area contributed by atoms with Gasteiger partial charge in [-0.1, -0.05) is 24.3 Å². The molecule has 5 heteroatoms. The summed E-state index contributed by atoms with van der Waals surface area (Å²) in [6, 6.07) is 11.6. The van der Waals surface area contributed by atoms with Gasteiger partial charge < -0.3 is 5.32 Å². The Bertz CT molecular complexity index is 629. The highest BCUT2D eigenvalue weighted by Crippen LogP contribution is 2.20. The van der Waals surface area contributed by atoms with E-state index in [1.165, 1.54) is 23.3 Å². The molecule has 104 valence electrons. The van der Waals surface area contributed by atoms with Crippen molar-refractivity contribution in [3.05, 3.63) is 69.5 Å². The number of nitrogens with one attached hydrogen (secondary N) is 1. The van der Waals surface area contributed by atoms with Crippen molar-refractivity contribution in [2.75, 3.05) is 11.9 Å². The Hall–Kier alpha value is -2.43. The third-order valence-corrected chi connectivity index (χ3v) is 3.13. The molecule has 2 aromatic carbocycles. The average Bonchev–Trinajstić information content (AvgIpc) is 2.42. The Morgan fingerprint density at radius 2 is 2.00 bits per heavy atom. The zero-order valence-electron chi connectivity index (χ0n) is 11.1. The van der Waals surface area contributed by atoms with Crippen LogP contribution in [0.2, 0.25) is 0 Å². The molecule has 2 aromatic rings. The molecule has 0 bridgehead atoms. The van der Waals surface area contributed by atoms with E-state index in [4.69, 9.17) is 0 Å². The fourth-order valence-corrected chi connectivity index (χ4v) is 1.98. The number of benzene rings is 2. The first-order valence-corrected chi connectivity index (χ1v) is 6.30. The molecular weight excluding hydrogens is 259 g/mol. The van der Waals surface area contributed by atoms with Gasteiger partial charge in [-0.2, -0.15) is 0 Å². The summed E-state index contributed by atoms with van der Waals surface area (Å²) in [6.45, 7) is 2.60. The van der Waals surface area contributed by atoms with Gasteiger partial charge in [0.05, 0.1) is 16.7 Å². The van der Waals surface area contributed by atoms with Crippen LogP contribution in [0.5, 0.6) is 0 Å². The van der Waals surface area contributed by atoms with E-state index < -0.39 is 10.7 Å². The summed E-state index contributed by atoms with van der Waals surface area (Å²) in [5.74, 6) is -0.607. The second kappa shape index (κ2) is 6.14. The first kappa shape index (κ1) is 14.0. The zero-order valence-corrected chi connectivity index (χ0v) is 11.1. The standard InChI is InChI=1S/C15H15FN2O2/c1-11-4-2-3-5-12(11)8-9-17-15-7-6-13(18(19)20)10-14(15)16/h2-7,10,17H,8-9H2,1H3. The number of non-ortho nitro benzene ring substituents is 1. The molecule has 0 fully saturated rings. The molecule has 0 saturated carbocycles. The van der Waals surface area contributed by atoms with E-state index in [1.54, 1.807) is 0 Å². The van der Waals surface area contributed by atoms with Crippen LogP contribution in [0.15, 0.2) is 42.5 Å². The molecule has 0 aliphatic carbocycles. The van der Waals surface area contributed by atoms with E-state index in [0.717, 1.165) is 12.5 Å². The Morgan fingerprint density at radius 1 is 1.25 bits per heavy atom. The Balaban J connectivity index is 1.98. The monoisotopic (exact) mass is 274 g/mol. The highest BCUT2D eigenvalue weighted by Gasteiger charge is 2.10. The van der Waals surface area contributed by atoms with Crippen molar-refractivity contribution in [1.29, 1.82) is 0 Å². The van der Waals surface area contributed by atoms with Gasteiger partial charge in [-0.05, 0) is 30.5 Å². The highest BCUT2D eigenvalue weighted by molar-refractivity contribution is 5.50. The number of nitro groups is 1. The molecule has 0 radical (unpaired) electrons. The van der Waals surface area contributed by atoms with E-state index >= 15 is 0 Å². The van der Waals surface area contributed by atoms with Gasteiger partial charge in [0.2, 0.25) is 0 Å². The van der Waals surface area contributed by atoms with Gasteiger partial charge in [-0.3, -0.25) is 10.1 Å². The molecule has 0 spiro atoms. The normalized spacial score (nSPS) is 10.3. The topological polar surface area (TPSA) is 55.2 Å². The van der Waals surface area contributed by atoms with Crippen molar-refractivity contribution in [2.45, 2.75) is 13.3 Å². The fraction of sp³-hybridized carbons (Fsp3) is 0.200. The number of nitrogens with zero attached hydrogens (tertiary/aromatic N) is 1. The van der Waals surface area contributed by atoms with E-state index in [1.807, 2.05) is 31.2 Å². The van der Waals surface area contributed by atoms with Gasteiger partial charge in [0, 0.05) is 12.6 Å². The number of nitro benzene ring substituents is 1. The van der Waals surface area contributed by atoms with Crippen LogP contribution in [-0.2, 0) is 6.42 Å². The first-order valence-electron chi connectivity index (χ1n) is 6.30. The van der Waals surface area contributed by atoms with E-state index in [9.17, 15) is 14.5 Å². The van der Waals surface area contributed by atoms with E-state index in [2.05, 4.69) is 5.32 Å². The van der Waals surface area contributed by atoms with Gasteiger partial charge in [0.1, 0.15) is 0 Å². The second-order valence-electron chi connectivity index (χ2n) is 4.52. The largest absolute Gasteiger partial charge is 0.382 e. The lowest BCUT2D eigenvalue weighted by Gasteiger charge is -2.09. The van der Waals surface area contributed by atoms with Crippen molar-refractivity contribution in [2.24, 2.45) is 0 Å². The van der Waals surface area contributed by atoms with Gasteiger partial charge in [0.15, 0.2) is 5.82 Å². The molecular formula is C15H15FN2O2. The van der Waals surface area contributed by atoms with Gasteiger partial charge in [-0.15, -0.1) is 0 Å². The highest BCUT2D eigenvalue weighted by atomic mass is 19.1. The van der Waals surface area contributed by atoms with Crippen LogP contribution in [0.3, 0.4) is 0 Å². The third kappa shape index (κ3) is 3.32. The van der Waals surface area contributed by atoms with Crippen LogP contribution in [-0.4, -0.2) is 11.5 Å². The van der Waals surface area contributed by atoms with E-state index in [0.29, 0.717) is 6.54 Å². The summed E-state index contributed by atoms with van der Waals surface area (Å²) in [4.78, 5) is 9.91. The molecule has 0 heterocycles. The Kier molecular flexibility index (Phi) is 4.30. The maximum atomic E-state index is 13.6. The molecule has 1 N–H and O–H groups in total. The summed E-state index contributed by atoms with van der Waals surface area (Å²) in [6.07, 6.45) is 0.767. The number of hydrogen-bond donors (Lipinski definition) is 1. The molecule has 0 aliphatic rings. The molecule has 0 amide bonds. The van der Waals surface area contributed by atoms with Crippen LogP contribution >= 0.6 is 0 Å². The quantitative estimate of drug-likeness (QED) is 0.668. The van der Waals surface area contributed by atoms with E-state index in [-0.39, 0.29) is 11.4 Å².